The van der Waals surface area contributed by atoms with Gasteiger partial charge in [0.1, 0.15) is 12.1 Å². The monoisotopic (exact) mass is 353 g/mol. The van der Waals surface area contributed by atoms with Crippen LogP contribution in [0.3, 0.4) is 0 Å². The number of nitrogens with zero attached hydrogens (tertiary/aromatic N) is 4. The molecule has 0 unspecified atom stereocenters. The van der Waals surface area contributed by atoms with Gasteiger partial charge in [0.05, 0.1) is 16.4 Å². The summed E-state index contributed by atoms with van der Waals surface area (Å²) < 4.78 is 0. The molecule has 0 aliphatic rings. The van der Waals surface area contributed by atoms with Gasteiger partial charge in [-0.15, -0.1) is 11.3 Å². The third-order valence-corrected chi connectivity index (χ3v) is 5.08. The fourth-order valence-corrected chi connectivity index (χ4v) is 3.44. The van der Waals surface area contributed by atoms with Crippen LogP contribution < -0.4 is 5.73 Å². The number of thiazole rings is 1. The molecule has 6 heteroatoms. The van der Waals surface area contributed by atoms with E-state index in [1.54, 1.807) is 17.4 Å². The number of nitrogen functional groups attached to an aromatic ring is 1. The molecule has 3 aromatic rings. The van der Waals surface area contributed by atoms with Crippen LogP contribution in [0.25, 0.3) is 11.3 Å². The summed E-state index contributed by atoms with van der Waals surface area (Å²) in [6, 6.07) is 10.2. The van der Waals surface area contributed by atoms with Gasteiger partial charge >= 0.3 is 0 Å². The Kier molecular flexibility index (Phi) is 5.40. The van der Waals surface area contributed by atoms with Crippen LogP contribution in [-0.2, 0) is 13.1 Å². The molecule has 0 spiro atoms. The zero-order valence-corrected chi connectivity index (χ0v) is 15.6. The highest BCUT2D eigenvalue weighted by atomic mass is 32.1. The molecule has 0 amide bonds. The van der Waals surface area contributed by atoms with Crippen molar-refractivity contribution in [3.8, 4) is 11.3 Å². The zero-order valence-electron chi connectivity index (χ0n) is 14.8. The van der Waals surface area contributed by atoms with Crippen molar-refractivity contribution in [2.45, 2.75) is 32.9 Å². The molecule has 0 saturated carbocycles. The SMILES string of the molecule is CC(C)c1nc(CN(C)Cc2ccc(-c3cc(N)ncn3)cc2)cs1. The van der Waals surface area contributed by atoms with E-state index in [4.69, 9.17) is 10.7 Å². The minimum absolute atomic E-state index is 0.484. The molecule has 0 saturated heterocycles. The van der Waals surface area contributed by atoms with Gasteiger partial charge in [-0.1, -0.05) is 38.1 Å². The standard InChI is InChI=1S/C19H23N5S/c1-13(2)19-23-16(11-25-19)10-24(3)9-14-4-6-15(7-5-14)17-8-18(20)22-12-21-17/h4-8,11-13H,9-10H2,1-3H3,(H2,20,21,22). The lowest BCUT2D eigenvalue weighted by atomic mass is 10.1. The van der Waals surface area contributed by atoms with Gasteiger partial charge in [0.25, 0.3) is 0 Å². The third-order valence-electron chi connectivity index (χ3n) is 3.89. The first-order chi connectivity index (χ1) is 12.0. The summed E-state index contributed by atoms with van der Waals surface area (Å²) in [4.78, 5) is 15.2. The van der Waals surface area contributed by atoms with Crippen molar-refractivity contribution in [3.63, 3.8) is 0 Å². The van der Waals surface area contributed by atoms with E-state index < -0.39 is 0 Å². The Labute approximate surface area is 152 Å². The predicted octanol–water partition coefficient (Wildman–Crippen LogP) is 3.94. The summed E-state index contributed by atoms with van der Waals surface area (Å²) in [5.41, 5.74) is 10.0. The van der Waals surface area contributed by atoms with E-state index in [2.05, 4.69) is 65.4 Å². The number of aromatic nitrogens is 3. The quantitative estimate of drug-likeness (QED) is 0.727. The van der Waals surface area contributed by atoms with Gasteiger partial charge in [0.15, 0.2) is 0 Å². The fraction of sp³-hybridized carbons (Fsp3) is 0.316. The van der Waals surface area contributed by atoms with Crippen LogP contribution in [0.5, 0.6) is 0 Å². The molecule has 130 valence electrons. The molecule has 0 aliphatic heterocycles. The minimum Gasteiger partial charge on any atom is -0.384 e. The topological polar surface area (TPSA) is 67.9 Å². The Morgan fingerprint density at radius 3 is 2.52 bits per heavy atom. The van der Waals surface area contributed by atoms with Crippen LogP contribution in [0.2, 0.25) is 0 Å². The normalized spacial score (nSPS) is 11.4. The number of benzene rings is 1. The molecule has 0 atom stereocenters. The van der Waals surface area contributed by atoms with Crippen molar-refractivity contribution in [2.75, 3.05) is 12.8 Å². The van der Waals surface area contributed by atoms with E-state index in [0.29, 0.717) is 11.7 Å². The zero-order chi connectivity index (χ0) is 17.8. The molecule has 25 heavy (non-hydrogen) atoms. The summed E-state index contributed by atoms with van der Waals surface area (Å²) in [7, 11) is 2.12. The first-order valence-electron chi connectivity index (χ1n) is 8.31. The Morgan fingerprint density at radius 1 is 1.12 bits per heavy atom. The molecule has 0 radical (unpaired) electrons. The molecule has 5 nitrogen and oxygen atoms in total. The maximum absolute atomic E-state index is 5.72. The minimum atomic E-state index is 0.484. The van der Waals surface area contributed by atoms with Crippen LogP contribution in [0, 0.1) is 0 Å². The van der Waals surface area contributed by atoms with E-state index in [9.17, 15) is 0 Å². The van der Waals surface area contributed by atoms with Crippen LogP contribution in [-0.4, -0.2) is 26.9 Å². The molecule has 2 heterocycles. The predicted molar refractivity (Wildman–Crippen MR) is 103 cm³/mol. The fourth-order valence-electron chi connectivity index (χ4n) is 2.62. The van der Waals surface area contributed by atoms with E-state index in [1.165, 1.54) is 16.9 Å². The van der Waals surface area contributed by atoms with Crippen molar-refractivity contribution in [2.24, 2.45) is 0 Å². The lowest BCUT2D eigenvalue weighted by Crippen LogP contribution is -2.17. The Hall–Kier alpha value is -2.31. The second kappa shape index (κ2) is 7.72. The number of hydrogen-bond acceptors (Lipinski definition) is 6. The first-order valence-corrected chi connectivity index (χ1v) is 9.19. The summed E-state index contributed by atoms with van der Waals surface area (Å²) in [5, 5.41) is 3.37. The first kappa shape index (κ1) is 17.5. The summed E-state index contributed by atoms with van der Waals surface area (Å²) in [6.07, 6.45) is 1.49. The highest BCUT2D eigenvalue weighted by Gasteiger charge is 2.09. The number of rotatable bonds is 6. The van der Waals surface area contributed by atoms with E-state index in [-0.39, 0.29) is 0 Å². The second-order valence-corrected chi connectivity index (χ2v) is 7.42. The van der Waals surface area contributed by atoms with Gasteiger partial charge in [-0.2, -0.15) is 0 Å². The summed E-state index contributed by atoms with van der Waals surface area (Å²) in [5.74, 6) is 0.977. The molecular formula is C19H23N5S. The average molecular weight is 353 g/mol. The van der Waals surface area contributed by atoms with E-state index >= 15 is 0 Å². The van der Waals surface area contributed by atoms with Crippen LogP contribution in [0.1, 0.15) is 36.0 Å². The van der Waals surface area contributed by atoms with Gasteiger partial charge in [0, 0.05) is 36.0 Å². The molecule has 3 rings (SSSR count). The highest BCUT2D eigenvalue weighted by molar-refractivity contribution is 7.09. The number of hydrogen-bond donors (Lipinski definition) is 1. The van der Waals surface area contributed by atoms with Crippen molar-refractivity contribution in [1.82, 2.24) is 19.9 Å². The van der Waals surface area contributed by atoms with Crippen LogP contribution in [0.15, 0.2) is 42.0 Å². The second-order valence-electron chi connectivity index (χ2n) is 6.53. The summed E-state index contributed by atoms with van der Waals surface area (Å²) >= 11 is 1.75. The van der Waals surface area contributed by atoms with Crippen molar-refractivity contribution in [1.29, 1.82) is 0 Å². The van der Waals surface area contributed by atoms with Crippen LogP contribution >= 0.6 is 11.3 Å². The van der Waals surface area contributed by atoms with Gasteiger partial charge in [0.2, 0.25) is 0 Å². The Balaban J connectivity index is 1.62. The lowest BCUT2D eigenvalue weighted by Gasteiger charge is -2.15. The number of nitrogens with two attached hydrogens (primary N) is 1. The molecule has 0 bridgehead atoms. The van der Waals surface area contributed by atoms with Crippen molar-refractivity contribution < 1.29 is 0 Å². The van der Waals surface area contributed by atoms with Gasteiger partial charge in [-0.25, -0.2) is 15.0 Å². The molecule has 0 aliphatic carbocycles. The maximum Gasteiger partial charge on any atom is 0.127 e. The Morgan fingerprint density at radius 2 is 1.88 bits per heavy atom. The Bertz CT molecular complexity index is 826. The molecular weight excluding hydrogens is 330 g/mol. The lowest BCUT2D eigenvalue weighted by molar-refractivity contribution is 0.315. The van der Waals surface area contributed by atoms with E-state index in [0.717, 1.165) is 30.0 Å². The van der Waals surface area contributed by atoms with Gasteiger partial charge < -0.3 is 5.73 Å². The average Bonchev–Trinajstić information content (AvgIpc) is 3.04. The molecule has 0 fully saturated rings. The highest BCUT2D eigenvalue weighted by Crippen LogP contribution is 2.21. The molecule has 1 aromatic carbocycles. The smallest absolute Gasteiger partial charge is 0.127 e. The third kappa shape index (κ3) is 4.61. The van der Waals surface area contributed by atoms with Gasteiger partial charge in [-0.05, 0) is 12.6 Å². The largest absolute Gasteiger partial charge is 0.384 e. The number of anilines is 1. The van der Waals surface area contributed by atoms with Gasteiger partial charge in [-0.3, -0.25) is 4.90 Å². The maximum atomic E-state index is 5.72. The molecule has 2 aromatic heterocycles. The molecule has 2 N–H and O–H groups in total. The van der Waals surface area contributed by atoms with Crippen molar-refractivity contribution in [3.05, 3.63) is 58.3 Å². The van der Waals surface area contributed by atoms with E-state index in [1.807, 2.05) is 0 Å². The van der Waals surface area contributed by atoms with Crippen molar-refractivity contribution >= 4 is 17.2 Å². The van der Waals surface area contributed by atoms with Crippen LogP contribution in [0.4, 0.5) is 5.82 Å². The summed E-state index contributed by atoms with van der Waals surface area (Å²) in [6.45, 7) is 6.09.